The number of allylic oxidation sites excluding steroid dienone is 4. The number of carboxylic acid groups (broad SMARTS) is 1. The van der Waals surface area contributed by atoms with Crippen LogP contribution in [0.15, 0.2) is 22.2 Å². The fourth-order valence-electron chi connectivity index (χ4n) is 3.26. The molecule has 0 heterocycles. The molecule has 1 saturated carbocycles. The number of hydrogen-bond donors (Lipinski definition) is 1. The minimum Gasteiger partial charge on any atom is -0.479 e. The predicted molar refractivity (Wildman–Crippen MR) is 98.9 cm³/mol. The second kappa shape index (κ2) is 6.82. The maximum Gasteiger partial charge on any atom is 0.338 e. The molecule has 0 amide bonds. The fraction of sp³-hybridized carbons (Fsp3) is 0.643. The Bertz CT molecular complexity index is 622. The summed E-state index contributed by atoms with van der Waals surface area (Å²) in [4.78, 5) is 7.11. The third kappa shape index (κ3) is 2.53. The van der Waals surface area contributed by atoms with Gasteiger partial charge in [0.25, 0.3) is 0 Å². The second-order valence-electron chi connectivity index (χ2n) is 5.72. The second-order valence-corrected chi connectivity index (χ2v) is 9.50. The quantitative estimate of drug-likeness (QED) is 0.386. The minimum atomic E-state index is -1.68. The number of carboxylic acids is 1. The van der Waals surface area contributed by atoms with Gasteiger partial charge in [0.1, 0.15) is 9.75 Å². The van der Waals surface area contributed by atoms with Crippen LogP contribution in [0.4, 0.5) is 4.39 Å². The molecule has 6 atom stereocenters. The van der Waals surface area contributed by atoms with Crippen LogP contribution in [0.1, 0.15) is 13.3 Å². The van der Waals surface area contributed by atoms with Crippen LogP contribution >= 0.6 is 81.2 Å². The van der Waals surface area contributed by atoms with Gasteiger partial charge in [-0.2, -0.15) is 0 Å². The molecular formula is C14H12Cl7FO2. The highest BCUT2D eigenvalue weighted by Gasteiger charge is 2.83. The summed E-state index contributed by atoms with van der Waals surface area (Å²) in [6.45, 7) is 1.48. The molecule has 0 aromatic rings. The van der Waals surface area contributed by atoms with Gasteiger partial charge in [-0.3, -0.25) is 0 Å². The third-order valence-corrected chi connectivity index (χ3v) is 9.23. The Kier molecular flexibility index (Phi) is 6.02. The van der Waals surface area contributed by atoms with Crippen molar-refractivity contribution in [2.45, 2.75) is 39.0 Å². The maximum atomic E-state index is 11.7. The summed E-state index contributed by atoms with van der Waals surface area (Å²) in [5.74, 6) is -1.84. The average Bonchev–Trinajstić information content (AvgIpc) is 3.00. The highest BCUT2D eigenvalue weighted by molar-refractivity contribution is 6.66. The average molecular weight is 479 g/mol. The summed E-state index contributed by atoms with van der Waals surface area (Å²) in [6.07, 6.45) is 2.06. The molecule has 0 aromatic carbocycles. The van der Waals surface area contributed by atoms with Gasteiger partial charge in [-0.05, 0) is 6.42 Å². The van der Waals surface area contributed by atoms with Crippen molar-refractivity contribution < 1.29 is 14.3 Å². The molecule has 0 aliphatic heterocycles. The molecule has 0 aromatic heterocycles. The van der Waals surface area contributed by atoms with E-state index in [9.17, 15) is 9.18 Å². The van der Waals surface area contributed by atoms with E-state index in [1.54, 1.807) is 0 Å². The molecule has 2 bridgehead atoms. The summed E-state index contributed by atoms with van der Waals surface area (Å²) in [7, 11) is 0. The summed E-state index contributed by atoms with van der Waals surface area (Å²) in [5, 5.41) is 7.92. The molecule has 136 valence electrons. The van der Waals surface area contributed by atoms with Crippen molar-refractivity contribution in [1.82, 2.24) is 0 Å². The molecule has 10 heteroatoms. The first-order valence-electron chi connectivity index (χ1n) is 6.90. The maximum absolute atomic E-state index is 11.7. The molecule has 0 saturated heterocycles. The van der Waals surface area contributed by atoms with Crippen molar-refractivity contribution in [3.8, 4) is 0 Å². The lowest BCUT2D eigenvalue weighted by Crippen LogP contribution is -2.45. The number of carbonyl (C=O) groups is 1. The Balaban J connectivity index is 0.000000256. The van der Waals surface area contributed by atoms with E-state index in [0.717, 1.165) is 0 Å². The topological polar surface area (TPSA) is 37.3 Å². The van der Waals surface area contributed by atoms with Crippen molar-refractivity contribution in [3.63, 3.8) is 0 Å². The summed E-state index contributed by atoms with van der Waals surface area (Å²) in [6, 6.07) is 0. The smallest absolute Gasteiger partial charge is 0.338 e. The van der Waals surface area contributed by atoms with Gasteiger partial charge in [-0.15, -0.1) is 34.8 Å². The Morgan fingerprint density at radius 3 is 2.12 bits per heavy atom. The van der Waals surface area contributed by atoms with Crippen LogP contribution in [-0.4, -0.2) is 36.7 Å². The first kappa shape index (κ1) is 21.2. The van der Waals surface area contributed by atoms with Crippen molar-refractivity contribution in [2.24, 2.45) is 11.8 Å². The van der Waals surface area contributed by atoms with Gasteiger partial charge in [0, 0.05) is 11.8 Å². The minimum absolute atomic E-state index is 0.0509. The zero-order valence-corrected chi connectivity index (χ0v) is 17.3. The Morgan fingerprint density at radius 2 is 1.71 bits per heavy atom. The molecule has 0 radical (unpaired) electrons. The summed E-state index contributed by atoms with van der Waals surface area (Å²) in [5.41, 5.74) is 0. The number of fused-ring (bicyclic) bond motifs is 5. The summed E-state index contributed by atoms with van der Waals surface area (Å²) >= 11 is 44.5. The normalized spacial score (nSPS) is 42.6. The van der Waals surface area contributed by atoms with E-state index in [4.69, 9.17) is 86.3 Å². The van der Waals surface area contributed by atoms with E-state index in [1.165, 1.54) is 6.92 Å². The van der Waals surface area contributed by atoms with Crippen LogP contribution in [0, 0.1) is 11.8 Å². The fourth-order valence-corrected chi connectivity index (χ4v) is 6.77. The molecule has 0 spiro atoms. The molecule has 1 fully saturated rings. The molecule has 1 N–H and O–H groups in total. The molecule has 24 heavy (non-hydrogen) atoms. The van der Waals surface area contributed by atoms with Gasteiger partial charge in [-0.1, -0.05) is 65.5 Å². The summed E-state index contributed by atoms with van der Waals surface area (Å²) < 4.78 is 10.2. The number of rotatable bonds is 2. The SMILES string of the molecule is CCC(F)C(=O)O.ClC1=C(Cl)C2(Cl)C3C(Cl)C=CC3C1(Cl)C2(Cl)Cl. The zero-order chi connectivity index (χ0) is 18.7. The number of alkyl halides is 6. The Hall–Kier alpha value is 0.910. The van der Waals surface area contributed by atoms with Crippen LogP contribution in [0.3, 0.4) is 0 Å². The van der Waals surface area contributed by atoms with Crippen LogP contribution in [0.25, 0.3) is 0 Å². The standard InChI is InChI=1S/C10H5Cl7.C4H7FO2/c11-4-2-1-3-5(4)9(15)7(13)6(12)8(3,14)10(9,16)17;1-2-3(5)4(6)7/h1-5H;3H,2H2,1H3,(H,6,7). The van der Waals surface area contributed by atoms with Crippen LogP contribution in [-0.2, 0) is 4.79 Å². The highest BCUT2D eigenvalue weighted by Crippen LogP contribution is 2.78. The lowest BCUT2D eigenvalue weighted by atomic mass is 9.84. The van der Waals surface area contributed by atoms with E-state index < -0.39 is 26.2 Å². The van der Waals surface area contributed by atoms with Crippen molar-refractivity contribution >= 4 is 87.2 Å². The Labute approximate surface area is 173 Å². The third-order valence-electron chi connectivity index (χ3n) is 4.52. The van der Waals surface area contributed by atoms with Gasteiger partial charge >= 0.3 is 5.97 Å². The van der Waals surface area contributed by atoms with Crippen molar-refractivity contribution in [3.05, 3.63) is 22.2 Å². The van der Waals surface area contributed by atoms with E-state index in [-0.39, 0.29) is 33.7 Å². The lowest BCUT2D eigenvalue weighted by molar-refractivity contribution is -0.142. The van der Waals surface area contributed by atoms with Gasteiger partial charge < -0.3 is 5.11 Å². The largest absolute Gasteiger partial charge is 0.479 e. The molecular weight excluding hydrogens is 467 g/mol. The van der Waals surface area contributed by atoms with Crippen LogP contribution < -0.4 is 0 Å². The van der Waals surface area contributed by atoms with Gasteiger partial charge in [-0.25, -0.2) is 9.18 Å². The van der Waals surface area contributed by atoms with Gasteiger partial charge in [0.05, 0.1) is 15.4 Å². The van der Waals surface area contributed by atoms with E-state index in [2.05, 4.69) is 0 Å². The van der Waals surface area contributed by atoms with E-state index in [1.807, 2.05) is 12.2 Å². The van der Waals surface area contributed by atoms with Crippen LogP contribution in [0.5, 0.6) is 0 Å². The van der Waals surface area contributed by atoms with Gasteiger partial charge in [0.15, 0.2) is 10.5 Å². The molecule has 6 unspecified atom stereocenters. The molecule has 2 nitrogen and oxygen atoms in total. The number of aliphatic carboxylic acids is 1. The van der Waals surface area contributed by atoms with Crippen LogP contribution in [0.2, 0.25) is 0 Å². The first-order valence-corrected chi connectivity index (χ1v) is 9.60. The number of hydrogen-bond acceptors (Lipinski definition) is 1. The lowest BCUT2D eigenvalue weighted by Gasteiger charge is -2.34. The van der Waals surface area contributed by atoms with Crippen molar-refractivity contribution in [2.75, 3.05) is 0 Å². The molecule has 3 aliphatic rings. The predicted octanol–water partition coefficient (Wildman–Crippen LogP) is 6.06. The van der Waals surface area contributed by atoms with Crippen molar-refractivity contribution in [1.29, 1.82) is 0 Å². The zero-order valence-electron chi connectivity index (χ0n) is 12.1. The molecule has 3 rings (SSSR count). The van der Waals surface area contributed by atoms with E-state index >= 15 is 0 Å². The Morgan fingerprint density at radius 1 is 1.21 bits per heavy atom. The number of halogens is 8. The van der Waals surface area contributed by atoms with E-state index in [0.29, 0.717) is 0 Å². The highest BCUT2D eigenvalue weighted by atomic mass is 35.5. The molecule has 3 aliphatic carbocycles. The first-order chi connectivity index (χ1) is 10.9. The van der Waals surface area contributed by atoms with Gasteiger partial charge in [0.2, 0.25) is 0 Å². The monoisotopic (exact) mass is 476 g/mol.